The molecule has 0 aliphatic heterocycles. The maximum atomic E-state index is 11.5. The van der Waals surface area contributed by atoms with Gasteiger partial charge in [-0.1, -0.05) is 0 Å². The average molecular weight is 356 g/mol. The molecule has 1 aromatic rings. The maximum absolute atomic E-state index is 11.5. The van der Waals surface area contributed by atoms with Gasteiger partial charge in [0.25, 0.3) is 5.91 Å². The highest BCUT2D eigenvalue weighted by molar-refractivity contribution is 9.13. The third-order valence-corrected chi connectivity index (χ3v) is 4.81. The van der Waals surface area contributed by atoms with Gasteiger partial charge in [-0.2, -0.15) is 0 Å². The minimum atomic E-state index is -0.255. The van der Waals surface area contributed by atoms with Crippen molar-refractivity contribution in [1.29, 1.82) is 0 Å². The van der Waals surface area contributed by atoms with Gasteiger partial charge in [0, 0.05) is 11.5 Å². The SMILES string of the molecule is CNC(=O)CNC(=O)c1cc(Br)c(Br)s1. The van der Waals surface area contributed by atoms with Crippen LogP contribution in [-0.4, -0.2) is 25.4 Å². The quantitative estimate of drug-likeness (QED) is 0.867. The number of hydrogen-bond acceptors (Lipinski definition) is 3. The Morgan fingerprint density at radius 1 is 1.47 bits per heavy atom. The number of likely N-dealkylation sites (N-methyl/N-ethyl adjacent to an activating group) is 1. The molecule has 0 radical (unpaired) electrons. The first-order valence-corrected chi connectivity index (χ1v) is 6.38. The summed E-state index contributed by atoms with van der Waals surface area (Å²) in [6.07, 6.45) is 0. The molecule has 0 spiro atoms. The molecule has 0 unspecified atom stereocenters. The van der Waals surface area contributed by atoms with Crippen molar-refractivity contribution in [2.24, 2.45) is 0 Å². The zero-order valence-electron chi connectivity index (χ0n) is 7.77. The lowest BCUT2D eigenvalue weighted by atomic mass is 10.4. The van der Waals surface area contributed by atoms with Gasteiger partial charge in [-0.25, -0.2) is 0 Å². The number of hydrogen-bond donors (Lipinski definition) is 2. The largest absolute Gasteiger partial charge is 0.358 e. The molecule has 0 saturated heterocycles. The zero-order chi connectivity index (χ0) is 11.4. The fraction of sp³-hybridized carbons (Fsp3) is 0.250. The average Bonchev–Trinajstić information content (AvgIpc) is 2.55. The number of rotatable bonds is 3. The van der Waals surface area contributed by atoms with Crippen LogP contribution < -0.4 is 10.6 Å². The Hall–Kier alpha value is -0.400. The van der Waals surface area contributed by atoms with Gasteiger partial charge in [0.1, 0.15) is 0 Å². The molecule has 0 saturated carbocycles. The summed E-state index contributed by atoms with van der Waals surface area (Å²) in [7, 11) is 1.52. The number of carbonyl (C=O) groups excluding carboxylic acids is 2. The molecule has 15 heavy (non-hydrogen) atoms. The van der Waals surface area contributed by atoms with Crippen LogP contribution in [0.5, 0.6) is 0 Å². The Balaban J connectivity index is 2.58. The predicted octanol–water partition coefficient (Wildman–Crippen LogP) is 1.75. The van der Waals surface area contributed by atoms with Crippen LogP contribution in [0.15, 0.2) is 14.3 Å². The second-order valence-electron chi connectivity index (χ2n) is 2.59. The molecule has 2 N–H and O–H groups in total. The van der Waals surface area contributed by atoms with E-state index in [1.165, 1.54) is 18.4 Å². The lowest BCUT2D eigenvalue weighted by Crippen LogP contribution is -2.34. The van der Waals surface area contributed by atoms with Crippen LogP contribution in [0.2, 0.25) is 0 Å². The topological polar surface area (TPSA) is 58.2 Å². The van der Waals surface area contributed by atoms with Gasteiger partial charge in [0.05, 0.1) is 15.2 Å². The molecule has 7 heteroatoms. The fourth-order valence-electron chi connectivity index (χ4n) is 0.795. The predicted molar refractivity (Wildman–Crippen MR) is 66.1 cm³/mol. The van der Waals surface area contributed by atoms with E-state index in [2.05, 4.69) is 42.5 Å². The normalized spacial score (nSPS) is 9.80. The highest BCUT2D eigenvalue weighted by Gasteiger charge is 2.12. The van der Waals surface area contributed by atoms with Gasteiger partial charge < -0.3 is 10.6 Å². The molecule has 0 bridgehead atoms. The Bertz CT molecular complexity index is 372. The van der Waals surface area contributed by atoms with Gasteiger partial charge in [0.2, 0.25) is 5.91 Å². The summed E-state index contributed by atoms with van der Waals surface area (Å²) in [4.78, 5) is 22.9. The van der Waals surface area contributed by atoms with Gasteiger partial charge in [-0.15, -0.1) is 11.3 Å². The lowest BCUT2D eigenvalue weighted by Gasteiger charge is -2.01. The Labute approximate surface area is 108 Å². The molecule has 0 atom stereocenters. The zero-order valence-corrected chi connectivity index (χ0v) is 11.8. The molecule has 1 heterocycles. The molecular formula is C8H8Br2N2O2S. The van der Waals surface area contributed by atoms with Crippen molar-refractivity contribution < 1.29 is 9.59 Å². The van der Waals surface area contributed by atoms with E-state index in [1.54, 1.807) is 6.07 Å². The van der Waals surface area contributed by atoms with E-state index in [0.29, 0.717) is 4.88 Å². The number of amides is 2. The second-order valence-corrected chi connectivity index (χ2v) is 5.81. The molecule has 1 aromatic heterocycles. The Morgan fingerprint density at radius 2 is 2.13 bits per heavy atom. The van der Waals surface area contributed by atoms with Crippen LogP contribution in [0.1, 0.15) is 9.67 Å². The first-order chi connectivity index (χ1) is 7.04. The van der Waals surface area contributed by atoms with Crippen LogP contribution in [0, 0.1) is 0 Å². The number of nitrogens with one attached hydrogen (secondary N) is 2. The standard InChI is InChI=1S/C8H8Br2N2O2S/c1-11-6(13)3-12-8(14)5-2-4(9)7(10)15-5/h2H,3H2,1H3,(H,11,13)(H,12,14). The van der Waals surface area contributed by atoms with E-state index in [-0.39, 0.29) is 18.4 Å². The van der Waals surface area contributed by atoms with Gasteiger partial charge in [-0.3, -0.25) is 9.59 Å². The third kappa shape index (κ3) is 3.58. The first kappa shape index (κ1) is 12.7. The summed E-state index contributed by atoms with van der Waals surface area (Å²) in [5.74, 6) is -0.479. The van der Waals surface area contributed by atoms with Crippen molar-refractivity contribution >= 4 is 55.0 Å². The van der Waals surface area contributed by atoms with Crippen LogP contribution in [-0.2, 0) is 4.79 Å². The smallest absolute Gasteiger partial charge is 0.261 e. The van der Waals surface area contributed by atoms with Crippen LogP contribution >= 0.6 is 43.2 Å². The highest BCUT2D eigenvalue weighted by Crippen LogP contribution is 2.32. The Kier molecular flexibility index (Phi) is 4.75. The van der Waals surface area contributed by atoms with E-state index >= 15 is 0 Å². The van der Waals surface area contributed by atoms with Crippen molar-refractivity contribution in [3.05, 3.63) is 19.2 Å². The minimum Gasteiger partial charge on any atom is -0.358 e. The summed E-state index contributed by atoms with van der Waals surface area (Å²) < 4.78 is 1.69. The van der Waals surface area contributed by atoms with Crippen molar-refractivity contribution in [2.75, 3.05) is 13.6 Å². The van der Waals surface area contributed by atoms with Crippen molar-refractivity contribution in [3.8, 4) is 0 Å². The number of carbonyl (C=O) groups is 2. The van der Waals surface area contributed by atoms with E-state index in [0.717, 1.165) is 8.26 Å². The molecular weight excluding hydrogens is 348 g/mol. The van der Waals surface area contributed by atoms with E-state index in [9.17, 15) is 9.59 Å². The molecule has 0 fully saturated rings. The molecule has 0 aromatic carbocycles. The van der Waals surface area contributed by atoms with Crippen molar-refractivity contribution in [3.63, 3.8) is 0 Å². The van der Waals surface area contributed by atoms with Gasteiger partial charge in [0.15, 0.2) is 0 Å². The summed E-state index contributed by atoms with van der Waals surface area (Å²) in [5.41, 5.74) is 0. The van der Waals surface area contributed by atoms with Gasteiger partial charge >= 0.3 is 0 Å². The minimum absolute atomic E-state index is 0.0114. The molecule has 1 rings (SSSR count). The Morgan fingerprint density at radius 3 is 2.60 bits per heavy atom. The first-order valence-electron chi connectivity index (χ1n) is 3.98. The van der Waals surface area contributed by atoms with Gasteiger partial charge in [-0.05, 0) is 37.9 Å². The van der Waals surface area contributed by atoms with Crippen LogP contribution in [0.25, 0.3) is 0 Å². The lowest BCUT2D eigenvalue weighted by molar-refractivity contribution is -0.119. The van der Waals surface area contributed by atoms with Crippen molar-refractivity contribution in [2.45, 2.75) is 0 Å². The summed E-state index contributed by atoms with van der Waals surface area (Å²) in [6.45, 7) is -0.0114. The van der Waals surface area contributed by atoms with Crippen molar-refractivity contribution in [1.82, 2.24) is 10.6 Å². The summed E-state index contributed by atoms with van der Waals surface area (Å²) in [6, 6.07) is 1.70. The second kappa shape index (κ2) is 5.62. The summed E-state index contributed by atoms with van der Waals surface area (Å²) in [5, 5.41) is 4.93. The van der Waals surface area contributed by atoms with Crippen LogP contribution in [0.3, 0.4) is 0 Å². The molecule has 82 valence electrons. The van der Waals surface area contributed by atoms with Crippen LogP contribution in [0.4, 0.5) is 0 Å². The molecule has 0 aliphatic rings. The van der Waals surface area contributed by atoms with E-state index < -0.39 is 0 Å². The maximum Gasteiger partial charge on any atom is 0.261 e. The third-order valence-electron chi connectivity index (χ3n) is 1.56. The fourth-order valence-corrected chi connectivity index (χ4v) is 2.75. The summed E-state index contributed by atoms with van der Waals surface area (Å²) >= 11 is 7.88. The number of halogens is 2. The highest BCUT2D eigenvalue weighted by atomic mass is 79.9. The van der Waals surface area contributed by atoms with E-state index in [1.807, 2.05) is 0 Å². The van der Waals surface area contributed by atoms with E-state index in [4.69, 9.17) is 0 Å². The molecule has 2 amide bonds. The number of thiophene rings is 1. The monoisotopic (exact) mass is 354 g/mol. The molecule has 4 nitrogen and oxygen atoms in total. The molecule has 0 aliphatic carbocycles.